The number of aliphatic imine (C=N–C) groups is 1. The van der Waals surface area contributed by atoms with E-state index >= 15 is 0 Å². The molecule has 7 nitrogen and oxygen atoms in total. The molecule has 0 aromatic heterocycles. The van der Waals surface area contributed by atoms with Crippen molar-refractivity contribution in [1.82, 2.24) is 15.4 Å². The van der Waals surface area contributed by atoms with Gasteiger partial charge in [0.15, 0.2) is 5.96 Å². The minimum absolute atomic E-state index is 0.237. The second-order valence-corrected chi connectivity index (χ2v) is 7.45. The molecular formula is C17H30N4O3S. The van der Waals surface area contributed by atoms with E-state index in [2.05, 4.69) is 34.2 Å². The number of rotatable bonds is 10. The first kappa shape index (κ1) is 21.4. The number of nitrogens with one attached hydrogen (secondary N) is 3. The van der Waals surface area contributed by atoms with Crippen molar-refractivity contribution in [2.24, 2.45) is 4.99 Å². The Morgan fingerprint density at radius 3 is 2.48 bits per heavy atom. The van der Waals surface area contributed by atoms with E-state index in [1.807, 2.05) is 6.92 Å². The van der Waals surface area contributed by atoms with Gasteiger partial charge in [-0.2, -0.15) is 0 Å². The summed E-state index contributed by atoms with van der Waals surface area (Å²) in [5, 5.41) is 6.53. The smallest absolute Gasteiger partial charge is 0.240 e. The first-order chi connectivity index (χ1) is 11.9. The highest BCUT2D eigenvalue weighted by Crippen LogP contribution is 2.11. The molecule has 0 aliphatic carbocycles. The van der Waals surface area contributed by atoms with Gasteiger partial charge in [0.25, 0.3) is 0 Å². The second-order valence-electron chi connectivity index (χ2n) is 5.68. The standard InChI is InChI=1S/C17H30N4O3S/c1-5-14(3)21-17(18-6-2)19-13-15-7-9-16(10-8-15)25(22,23)20-11-12-24-4/h7-10,14,20H,5-6,11-13H2,1-4H3,(H2,18,19,21). The van der Waals surface area contributed by atoms with Crippen LogP contribution in [0.5, 0.6) is 0 Å². The minimum atomic E-state index is -3.50. The zero-order valence-electron chi connectivity index (χ0n) is 15.5. The van der Waals surface area contributed by atoms with E-state index in [0.717, 1.165) is 24.5 Å². The molecule has 0 spiro atoms. The fraction of sp³-hybridized carbons (Fsp3) is 0.588. The lowest BCUT2D eigenvalue weighted by Gasteiger charge is -2.16. The molecule has 0 saturated carbocycles. The van der Waals surface area contributed by atoms with Gasteiger partial charge in [-0.1, -0.05) is 19.1 Å². The van der Waals surface area contributed by atoms with Gasteiger partial charge in [0, 0.05) is 26.2 Å². The Kier molecular flexibility index (Phi) is 9.48. The first-order valence-corrected chi connectivity index (χ1v) is 10.0. The molecule has 25 heavy (non-hydrogen) atoms. The summed E-state index contributed by atoms with van der Waals surface area (Å²) in [6.07, 6.45) is 1.01. The third-order valence-corrected chi connectivity index (χ3v) is 5.07. The molecule has 0 saturated heterocycles. The molecule has 0 aliphatic rings. The Morgan fingerprint density at radius 1 is 1.24 bits per heavy atom. The maximum Gasteiger partial charge on any atom is 0.240 e. The number of methoxy groups -OCH3 is 1. The van der Waals surface area contributed by atoms with Crippen LogP contribution in [0.4, 0.5) is 0 Å². The van der Waals surface area contributed by atoms with Gasteiger partial charge in [0.1, 0.15) is 0 Å². The van der Waals surface area contributed by atoms with Crippen molar-refractivity contribution in [3.63, 3.8) is 0 Å². The van der Waals surface area contributed by atoms with Crippen LogP contribution in [0.3, 0.4) is 0 Å². The van der Waals surface area contributed by atoms with Crippen LogP contribution in [0, 0.1) is 0 Å². The molecule has 0 bridgehead atoms. The van der Waals surface area contributed by atoms with E-state index in [4.69, 9.17) is 4.74 Å². The van der Waals surface area contributed by atoms with Gasteiger partial charge in [-0.3, -0.25) is 0 Å². The highest BCUT2D eigenvalue weighted by molar-refractivity contribution is 7.89. The number of benzene rings is 1. The van der Waals surface area contributed by atoms with Crippen LogP contribution in [0.15, 0.2) is 34.2 Å². The molecular weight excluding hydrogens is 340 g/mol. The van der Waals surface area contributed by atoms with Crippen LogP contribution >= 0.6 is 0 Å². The van der Waals surface area contributed by atoms with Gasteiger partial charge in [-0.25, -0.2) is 18.1 Å². The fourth-order valence-corrected chi connectivity index (χ4v) is 2.97. The Morgan fingerprint density at radius 2 is 1.92 bits per heavy atom. The second kappa shape index (κ2) is 11.1. The van der Waals surface area contributed by atoms with Gasteiger partial charge in [0.2, 0.25) is 10.0 Å². The topological polar surface area (TPSA) is 91.8 Å². The molecule has 1 rings (SSSR count). The third-order valence-electron chi connectivity index (χ3n) is 3.59. The summed E-state index contributed by atoms with van der Waals surface area (Å²) in [6.45, 7) is 8.07. The molecule has 1 unspecified atom stereocenters. The summed E-state index contributed by atoms with van der Waals surface area (Å²) in [4.78, 5) is 4.77. The Hall–Kier alpha value is -1.64. The Bertz CT molecular complexity index is 630. The minimum Gasteiger partial charge on any atom is -0.383 e. The molecule has 142 valence electrons. The highest BCUT2D eigenvalue weighted by Gasteiger charge is 2.12. The van der Waals surface area contributed by atoms with Crippen molar-refractivity contribution in [2.75, 3.05) is 26.8 Å². The largest absolute Gasteiger partial charge is 0.383 e. The summed E-state index contributed by atoms with van der Waals surface area (Å²) >= 11 is 0. The average Bonchev–Trinajstić information content (AvgIpc) is 2.60. The molecule has 0 fully saturated rings. The number of sulfonamides is 1. The van der Waals surface area contributed by atoms with Crippen LogP contribution in [-0.4, -0.2) is 47.2 Å². The molecule has 8 heteroatoms. The summed E-state index contributed by atoms with van der Waals surface area (Å²) in [5.74, 6) is 0.759. The molecule has 1 atom stereocenters. The molecule has 1 aromatic carbocycles. The number of guanidine groups is 1. The van der Waals surface area contributed by atoms with Crippen LogP contribution in [0.2, 0.25) is 0 Å². The van der Waals surface area contributed by atoms with E-state index in [1.54, 1.807) is 24.3 Å². The van der Waals surface area contributed by atoms with Crippen molar-refractivity contribution in [3.8, 4) is 0 Å². The Labute approximate surface area is 151 Å². The number of hydrogen-bond acceptors (Lipinski definition) is 4. The number of ether oxygens (including phenoxy) is 1. The number of nitrogens with zero attached hydrogens (tertiary/aromatic N) is 1. The lowest BCUT2D eigenvalue weighted by molar-refractivity contribution is 0.204. The quantitative estimate of drug-likeness (QED) is 0.329. The molecule has 3 N–H and O–H groups in total. The molecule has 1 aromatic rings. The number of hydrogen-bond donors (Lipinski definition) is 3. The van der Waals surface area contributed by atoms with Crippen LogP contribution < -0.4 is 15.4 Å². The van der Waals surface area contributed by atoms with Gasteiger partial charge in [-0.05, 0) is 38.0 Å². The van der Waals surface area contributed by atoms with E-state index < -0.39 is 10.0 Å². The summed E-state index contributed by atoms with van der Waals surface area (Å²) < 4.78 is 31.6. The van der Waals surface area contributed by atoms with Crippen LogP contribution in [0.1, 0.15) is 32.8 Å². The Balaban J connectivity index is 2.73. The zero-order valence-corrected chi connectivity index (χ0v) is 16.3. The fourth-order valence-electron chi connectivity index (χ4n) is 1.96. The normalized spacial score (nSPS) is 13.5. The molecule has 0 aliphatic heterocycles. The summed E-state index contributed by atoms with van der Waals surface area (Å²) in [5.41, 5.74) is 0.942. The van der Waals surface area contributed by atoms with E-state index in [0.29, 0.717) is 19.2 Å². The van der Waals surface area contributed by atoms with E-state index in [9.17, 15) is 8.42 Å². The monoisotopic (exact) mass is 370 g/mol. The van der Waals surface area contributed by atoms with Crippen molar-refractivity contribution < 1.29 is 13.2 Å². The predicted octanol–water partition coefficient (Wildman–Crippen LogP) is 1.46. The zero-order chi connectivity index (χ0) is 18.7. The van der Waals surface area contributed by atoms with Crippen molar-refractivity contribution in [2.45, 2.75) is 44.7 Å². The van der Waals surface area contributed by atoms with Gasteiger partial charge < -0.3 is 15.4 Å². The van der Waals surface area contributed by atoms with Gasteiger partial charge in [-0.15, -0.1) is 0 Å². The van der Waals surface area contributed by atoms with Crippen molar-refractivity contribution in [3.05, 3.63) is 29.8 Å². The SMILES string of the molecule is CCNC(=NCc1ccc(S(=O)(=O)NCCOC)cc1)NC(C)CC. The predicted molar refractivity (Wildman–Crippen MR) is 101 cm³/mol. The third kappa shape index (κ3) is 7.85. The maximum atomic E-state index is 12.1. The molecule has 0 radical (unpaired) electrons. The summed E-state index contributed by atoms with van der Waals surface area (Å²) in [6, 6.07) is 7.08. The van der Waals surface area contributed by atoms with E-state index in [1.165, 1.54) is 7.11 Å². The van der Waals surface area contributed by atoms with E-state index in [-0.39, 0.29) is 11.4 Å². The molecule has 0 amide bonds. The van der Waals surface area contributed by atoms with Gasteiger partial charge >= 0.3 is 0 Å². The van der Waals surface area contributed by atoms with Crippen LogP contribution in [-0.2, 0) is 21.3 Å². The lowest BCUT2D eigenvalue weighted by atomic mass is 10.2. The lowest BCUT2D eigenvalue weighted by Crippen LogP contribution is -2.41. The highest BCUT2D eigenvalue weighted by atomic mass is 32.2. The van der Waals surface area contributed by atoms with Crippen molar-refractivity contribution in [1.29, 1.82) is 0 Å². The van der Waals surface area contributed by atoms with Crippen molar-refractivity contribution >= 4 is 16.0 Å². The summed E-state index contributed by atoms with van der Waals surface area (Å²) in [7, 11) is -1.97. The van der Waals surface area contributed by atoms with Gasteiger partial charge in [0.05, 0.1) is 18.0 Å². The maximum absolute atomic E-state index is 12.1. The van der Waals surface area contributed by atoms with Crippen LogP contribution in [0.25, 0.3) is 0 Å². The average molecular weight is 371 g/mol. The first-order valence-electron chi connectivity index (χ1n) is 8.55. The molecule has 0 heterocycles.